The summed E-state index contributed by atoms with van der Waals surface area (Å²) in [5, 5.41) is 3.05. The van der Waals surface area contributed by atoms with Crippen LogP contribution in [0.2, 0.25) is 0 Å². The number of aromatic nitrogens is 2. The molecular formula is C18H23N3O2S2. The maximum absolute atomic E-state index is 12.2. The van der Waals surface area contributed by atoms with Crippen molar-refractivity contribution in [3.05, 3.63) is 58.0 Å². The molecule has 25 heavy (non-hydrogen) atoms. The van der Waals surface area contributed by atoms with Crippen LogP contribution in [0.25, 0.3) is 0 Å². The number of H-pyrrole nitrogens is 1. The summed E-state index contributed by atoms with van der Waals surface area (Å²) in [7, 11) is 0. The molecule has 0 bridgehead atoms. The van der Waals surface area contributed by atoms with Crippen molar-refractivity contribution >= 4 is 29.4 Å². The van der Waals surface area contributed by atoms with Crippen molar-refractivity contribution in [1.82, 2.24) is 15.3 Å². The number of nitrogens with zero attached hydrogens (tertiary/aromatic N) is 1. The summed E-state index contributed by atoms with van der Waals surface area (Å²) in [5.41, 5.74) is 1.62. The quantitative estimate of drug-likeness (QED) is 0.399. The average Bonchev–Trinajstić information content (AvgIpc) is 2.60. The van der Waals surface area contributed by atoms with E-state index in [1.165, 1.54) is 17.8 Å². The minimum atomic E-state index is -0.342. The van der Waals surface area contributed by atoms with Crippen LogP contribution in [0.15, 0.2) is 46.3 Å². The maximum atomic E-state index is 12.2. The van der Waals surface area contributed by atoms with Gasteiger partial charge in [-0.05, 0) is 24.7 Å². The molecule has 7 heteroatoms. The third kappa shape index (κ3) is 6.96. The lowest BCUT2D eigenvalue weighted by Gasteiger charge is -2.12. The van der Waals surface area contributed by atoms with Crippen molar-refractivity contribution in [2.24, 2.45) is 0 Å². The molecule has 0 radical (unpaired) electrons. The number of aromatic amines is 1. The summed E-state index contributed by atoms with van der Waals surface area (Å²) < 4.78 is 0. The molecule has 0 aliphatic heterocycles. The number of hydrogen-bond acceptors (Lipinski definition) is 5. The minimum Gasteiger partial charge on any atom is -0.351 e. The molecule has 1 atom stereocenters. The van der Waals surface area contributed by atoms with Gasteiger partial charge in [0.05, 0.1) is 10.9 Å². The number of nitrogens with one attached hydrogen (secondary N) is 2. The van der Waals surface area contributed by atoms with Crippen LogP contribution in [0.3, 0.4) is 0 Å². The van der Waals surface area contributed by atoms with Crippen molar-refractivity contribution in [2.45, 2.75) is 43.0 Å². The Morgan fingerprint density at radius 1 is 1.32 bits per heavy atom. The summed E-state index contributed by atoms with van der Waals surface area (Å²) in [6.07, 6.45) is 1.09. The van der Waals surface area contributed by atoms with Crippen LogP contribution in [0.5, 0.6) is 0 Å². The van der Waals surface area contributed by atoms with Crippen molar-refractivity contribution in [3.63, 3.8) is 0 Å². The molecule has 2 rings (SSSR count). The SMILES string of the molecule is CCCSCc1cc(=O)[nH]c(SC(C)C(=O)NCc2ccccc2)n1. The van der Waals surface area contributed by atoms with Gasteiger partial charge in [-0.25, -0.2) is 4.98 Å². The van der Waals surface area contributed by atoms with Crippen molar-refractivity contribution < 1.29 is 4.79 Å². The molecule has 5 nitrogen and oxygen atoms in total. The molecule has 1 amide bonds. The summed E-state index contributed by atoms with van der Waals surface area (Å²) in [4.78, 5) is 31.2. The largest absolute Gasteiger partial charge is 0.351 e. The van der Waals surface area contributed by atoms with Gasteiger partial charge in [0.15, 0.2) is 5.16 Å². The molecule has 0 aliphatic carbocycles. The third-order valence-corrected chi connectivity index (χ3v) is 5.52. The summed E-state index contributed by atoms with van der Waals surface area (Å²) >= 11 is 3.02. The molecule has 2 aromatic rings. The predicted molar refractivity (Wildman–Crippen MR) is 105 cm³/mol. The Kier molecular flexibility index (Phi) is 8.08. The molecule has 2 N–H and O–H groups in total. The number of rotatable bonds is 9. The molecule has 1 aromatic heterocycles. The van der Waals surface area contributed by atoms with Gasteiger partial charge in [0, 0.05) is 18.4 Å². The smallest absolute Gasteiger partial charge is 0.251 e. The molecule has 0 saturated heterocycles. The van der Waals surface area contributed by atoms with Gasteiger partial charge in [-0.2, -0.15) is 11.8 Å². The number of carbonyl (C=O) groups is 1. The lowest BCUT2D eigenvalue weighted by atomic mass is 10.2. The van der Waals surface area contributed by atoms with Gasteiger partial charge in [0.2, 0.25) is 5.91 Å². The molecule has 0 spiro atoms. The van der Waals surface area contributed by atoms with Crippen LogP contribution in [-0.4, -0.2) is 26.9 Å². The van der Waals surface area contributed by atoms with E-state index < -0.39 is 0 Å². The van der Waals surface area contributed by atoms with E-state index in [0.717, 1.165) is 23.4 Å². The van der Waals surface area contributed by atoms with Gasteiger partial charge in [0.1, 0.15) is 0 Å². The second-order valence-corrected chi connectivity index (χ2v) is 7.99. The van der Waals surface area contributed by atoms with E-state index in [-0.39, 0.29) is 16.7 Å². The molecule has 1 heterocycles. The lowest BCUT2D eigenvalue weighted by molar-refractivity contribution is -0.120. The number of thioether (sulfide) groups is 2. The van der Waals surface area contributed by atoms with Crippen LogP contribution < -0.4 is 10.9 Å². The Morgan fingerprint density at radius 3 is 2.80 bits per heavy atom. The molecule has 1 unspecified atom stereocenters. The highest BCUT2D eigenvalue weighted by atomic mass is 32.2. The van der Waals surface area contributed by atoms with E-state index >= 15 is 0 Å². The molecular weight excluding hydrogens is 354 g/mol. The van der Waals surface area contributed by atoms with Crippen molar-refractivity contribution in [2.75, 3.05) is 5.75 Å². The lowest BCUT2D eigenvalue weighted by Crippen LogP contribution is -2.30. The van der Waals surface area contributed by atoms with Crippen LogP contribution in [-0.2, 0) is 17.1 Å². The van der Waals surface area contributed by atoms with Crippen molar-refractivity contribution in [3.8, 4) is 0 Å². The van der Waals surface area contributed by atoms with Crippen LogP contribution >= 0.6 is 23.5 Å². The first-order valence-corrected chi connectivity index (χ1v) is 10.3. The van der Waals surface area contributed by atoms with Gasteiger partial charge in [-0.1, -0.05) is 49.0 Å². The van der Waals surface area contributed by atoms with Crippen molar-refractivity contribution in [1.29, 1.82) is 0 Å². The fraction of sp³-hybridized carbons (Fsp3) is 0.389. The number of amides is 1. The Morgan fingerprint density at radius 2 is 2.08 bits per heavy atom. The van der Waals surface area contributed by atoms with Crippen LogP contribution in [0, 0.1) is 0 Å². The van der Waals surface area contributed by atoms with E-state index in [0.29, 0.717) is 17.5 Å². The summed E-state index contributed by atoms with van der Waals surface area (Å²) in [5.74, 6) is 1.66. The molecule has 1 aromatic carbocycles. The highest BCUT2D eigenvalue weighted by Crippen LogP contribution is 2.20. The highest BCUT2D eigenvalue weighted by Gasteiger charge is 2.16. The van der Waals surface area contributed by atoms with E-state index in [9.17, 15) is 9.59 Å². The fourth-order valence-corrected chi connectivity index (χ4v) is 3.73. The Hall–Kier alpha value is -1.73. The highest BCUT2D eigenvalue weighted by molar-refractivity contribution is 8.00. The predicted octanol–water partition coefficient (Wildman–Crippen LogP) is 3.21. The molecule has 0 saturated carbocycles. The first kappa shape index (κ1) is 19.6. The topological polar surface area (TPSA) is 74.8 Å². The second-order valence-electron chi connectivity index (χ2n) is 5.56. The normalized spacial score (nSPS) is 11.9. The van der Waals surface area contributed by atoms with E-state index in [4.69, 9.17) is 0 Å². The summed E-state index contributed by atoms with van der Waals surface area (Å²) in [6, 6.07) is 11.3. The Balaban J connectivity index is 1.91. The van der Waals surface area contributed by atoms with Gasteiger partial charge in [-0.15, -0.1) is 0 Å². The van der Waals surface area contributed by atoms with Crippen LogP contribution in [0.4, 0.5) is 0 Å². The number of hydrogen-bond donors (Lipinski definition) is 2. The monoisotopic (exact) mass is 377 g/mol. The molecule has 0 aliphatic rings. The number of carbonyl (C=O) groups excluding carboxylic acids is 1. The maximum Gasteiger partial charge on any atom is 0.251 e. The third-order valence-electron chi connectivity index (χ3n) is 3.34. The van der Waals surface area contributed by atoms with Crippen LogP contribution in [0.1, 0.15) is 31.5 Å². The van der Waals surface area contributed by atoms with Gasteiger partial charge < -0.3 is 10.3 Å². The fourth-order valence-electron chi connectivity index (χ4n) is 2.08. The van der Waals surface area contributed by atoms with E-state index in [2.05, 4.69) is 22.2 Å². The zero-order chi connectivity index (χ0) is 18.1. The first-order valence-electron chi connectivity index (χ1n) is 8.24. The Labute approximate surface area is 156 Å². The number of benzene rings is 1. The van der Waals surface area contributed by atoms with Gasteiger partial charge >= 0.3 is 0 Å². The van der Waals surface area contributed by atoms with E-state index in [1.54, 1.807) is 11.8 Å². The first-order chi connectivity index (χ1) is 12.1. The van der Waals surface area contributed by atoms with E-state index in [1.807, 2.05) is 37.3 Å². The zero-order valence-electron chi connectivity index (χ0n) is 14.5. The standard InChI is InChI=1S/C18H23N3O2S2/c1-3-9-24-12-15-10-16(22)21-18(20-15)25-13(2)17(23)19-11-14-7-5-4-6-8-14/h4-8,10,13H,3,9,11-12H2,1-2H3,(H,19,23)(H,20,21,22). The molecule has 0 fully saturated rings. The molecule has 134 valence electrons. The Bertz CT molecular complexity index is 735. The van der Waals surface area contributed by atoms with Gasteiger partial charge in [0.25, 0.3) is 5.56 Å². The van der Waals surface area contributed by atoms with Gasteiger partial charge in [-0.3, -0.25) is 9.59 Å². The average molecular weight is 378 g/mol. The second kappa shape index (κ2) is 10.3. The summed E-state index contributed by atoms with van der Waals surface area (Å²) in [6.45, 7) is 4.42. The minimum absolute atomic E-state index is 0.0812. The zero-order valence-corrected chi connectivity index (χ0v) is 16.1.